The average molecular weight is 503 g/mol. The molecule has 0 saturated heterocycles. The van der Waals surface area contributed by atoms with Crippen molar-refractivity contribution in [2.24, 2.45) is 17.8 Å². The average Bonchev–Trinajstić information content (AvgIpc) is 2.63. The summed E-state index contributed by atoms with van der Waals surface area (Å²) < 4.78 is 0. The molecule has 35 heavy (non-hydrogen) atoms. The van der Waals surface area contributed by atoms with Crippen LogP contribution in [0.25, 0.3) is 0 Å². The molecule has 1 unspecified atom stereocenters. The van der Waals surface area contributed by atoms with E-state index in [0.29, 0.717) is 12.0 Å². The second-order valence-electron chi connectivity index (χ2n) is 15.9. The van der Waals surface area contributed by atoms with Crippen molar-refractivity contribution >= 4 is 13.5 Å². The Hall–Kier alpha value is -0.430. The van der Waals surface area contributed by atoms with Crippen molar-refractivity contribution in [2.45, 2.75) is 151 Å². The van der Waals surface area contributed by atoms with Crippen LogP contribution in [0.5, 0.6) is 0 Å². The van der Waals surface area contributed by atoms with E-state index in [-0.39, 0.29) is 21.8 Å². The summed E-state index contributed by atoms with van der Waals surface area (Å²) >= 11 is 0. The summed E-state index contributed by atoms with van der Waals surface area (Å²) in [5, 5.41) is 10.0. The zero-order chi connectivity index (χ0) is 27.1. The molecule has 2 nitrogen and oxygen atoms in total. The normalized spacial score (nSPS) is 23.6. The Kier molecular flexibility index (Phi) is 9.45. The molecule has 1 aliphatic carbocycles. The summed E-state index contributed by atoms with van der Waals surface area (Å²) in [4.78, 5) is 0. The first kappa shape index (κ1) is 30.8. The van der Waals surface area contributed by atoms with E-state index in [4.69, 9.17) is 0 Å². The van der Waals surface area contributed by atoms with E-state index in [1.54, 1.807) is 5.30 Å². The second-order valence-corrected chi connectivity index (χ2v) is 17.5. The largest absolute Gasteiger partial charge is 0.277 e. The van der Waals surface area contributed by atoms with E-state index in [1.165, 1.54) is 36.0 Å². The quantitative estimate of drug-likeness (QED) is 0.393. The minimum absolute atomic E-state index is 0.0271. The van der Waals surface area contributed by atoms with Crippen LogP contribution >= 0.6 is 8.22 Å². The zero-order valence-electron chi connectivity index (χ0n) is 26.0. The van der Waals surface area contributed by atoms with Crippen molar-refractivity contribution < 1.29 is 0 Å². The van der Waals surface area contributed by atoms with Gasteiger partial charge in [-0.05, 0) is 84.3 Å². The van der Waals surface area contributed by atoms with E-state index in [1.807, 2.05) is 0 Å². The molecule has 2 N–H and O–H groups in total. The maximum atomic E-state index is 4.33. The van der Waals surface area contributed by atoms with Crippen molar-refractivity contribution in [3.8, 4) is 0 Å². The van der Waals surface area contributed by atoms with E-state index in [0.717, 1.165) is 11.8 Å². The molecule has 0 aromatic heterocycles. The molecule has 0 radical (unpaired) electrons. The van der Waals surface area contributed by atoms with Gasteiger partial charge in [0.15, 0.2) is 0 Å². The molecule has 2 rings (SSSR count). The highest BCUT2D eigenvalue weighted by Crippen LogP contribution is 2.44. The Labute approximate surface area is 221 Å². The summed E-state index contributed by atoms with van der Waals surface area (Å²) in [7, 11) is -0.756. The standard InChI is InChI=1S/C32H59N2P/c1-21(2)24-17-16-22(3)18-27(24)33-35(34-32(13,14)15)28-25(30(7,8)9)19-23(29(4,5)6)20-26(28)31(10,11)12/h19-22,24,27,33-34H,16-18H2,1-15H3/t22-,24+,27-,35?/m1/s1. The lowest BCUT2D eigenvalue weighted by Gasteiger charge is -2.44. The molecule has 0 spiro atoms. The van der Waals surface area contributed by atoms with Crippen LogP contribution in [-0.4, -0.2) is 11.6 Å². The van der Waals surface area contributed by atoms with Crippen LogP contribution in [0.4, 0.5) is 0 Å². The number of rotatable bonds is 5. The van der Waals surface area contributed by atoms with Gasteiger partial charge in [0.1, 0.15) is 0 Å². The highest BCUT2D eigenvalue weighted by molar-refractivity contribution is 7.62. The minimum atomic E-state index is -0.756. The first-order chi connectivity index (χ1) is 15.6. The van der Waals surface area contributed by atoms with Gasteiger partial charge in [-0.1, -0.05) is 102 Å². The molecule has 0 bridgehead atoms. The Morgan fingerprint density at radius 2 is 1.26 bits per heavy atom. The SMILES string of the molecule is CC(C)[C@@H]1CC[C@@H](C)C[C@H]1NP(NC(C)(C)C)c1c(C(C)(C)C)cc(C(C)(C)C)cc1C(C)(C)C. The van der Waals surface area contributed by atoms with E-state index < -0.39 is 8.22 Å². The van der Waals surface area contributed by atoms with Crippen molar-refractivity contribution in [3.63, 3.8) is 0 Å². The molecule has 3 heteroatoms. The van der Waals surface area contributed by atoms with Gasteiger partial charge >= 0.3 is 0 Å². The number of hydrogen-bond donors (Lipinski definition) is 2. The smallest absolute Gasteiger partial charge is 0.0681 e. The maximum absolute atomic E-state index is 4.33. The lowest BCUT2D eigenvalue weighted by Crippen LogP contribution is -2.48. The van der Waals surface area contributed by atoms with Crippen LogP contribution in [0, 0.1) is 17.8 Å². The van der Waals surface area contributed by atoms with Gasteiger partial charge in [0, 0.05) is 16.9 Å². The molecular weight excluding hydrogens is 443 g/mol. The lowest BCUT2D eigenvalue weighted by molar-refractivity contribution is 0.189. The molecule has 0 amide bonds. The van der Waals surface area contributed by atoms with E-state index in [2.05, 4.69) is 126 Å². The molecule has 1 aliphatic rings. The highest BCUT2D eigenvalue weighted by Gasteiger charge is 2.38. The fraction of sp³-hybridized carbons (Fsp3) is 0.812. The maximum Gasteiger partial charge on any atom is 0.0681 e. The summed E-state index contributed by atoms with van der Waals surface area (Å²) in [6, 6.07) is 5.63. The van der Waals surface area contributed by atoms with Crippen molar-refractivity contribution in [1.29, 1.82) is 0 Å². The van der Waals surface area contributed by atoms with E-state index >= 15 is 0 Å². The van der Waals surface area contributed by atoms with Crippen molar-refractivity contribution in [2.75, 3.05) is 0 Å². The van der Waals surface area contributed by atoms with Crippen LogP contribution in [0.3, 0.4) is 0 Å². The third kappa shape index (κ3) is 8.28. The number of hydrogen-bond acceptors (Lipinski definition) is 2. The number of nitrogens with one attached hydrogen (secondary N) is 2. The fourth-order valence-electron chi connectivity index (χ4n) is 5.46. The zero-order valence-corrected chi connectivity index (χ0v) is 26.9. The Bertz CT molecular complexity index is 807. The fourth-order valence-corrected chi connectivity index (χ4v) is 8.34. The van der Waals surface area contributed by atoms with Crippen molar-refractivity contribution in [1.82, 2.24) is 10.2 Å². The summed E-state index contributed by atoms with van der Waals surface area (Å²) in [5.74, 6) is 2.24. The predicted octanol–water partition coefficient (Wildman–Crippen LogP) is 8.95. The van der Waals surface area contributed by atoms with Gasteiger partial charge in [0.2, 0.25) is 0 Å². The molecule has 0 aliphatic heterocycles. The van der Waals surface area contributed by atoms with Gasteiger partial charge < -0.3 is 0 Å². The van der Waals surface area contributed by atoms with E-state index in [9.17, 15) is 0 Å². The third-order valence-electron chi connectivity index (χ3n) is 7.58. The van der Waals surface area contributed by atoms with Crippen LogP contribution in [-0.2, 0) is 16.2 Å². The van der Waals surface area contributed by atoms with Crippen LogP contribution < -0.4 is 15.5 Å². The molecule has 1 aromatic carbocycles. The van der Waals surface area contributed by atoms with Gasteiger partial charge in [0.05, 0.1) is 8.22 Å². The van der Waals surface area contributed by atoms with Crippen molar-refractivity contribution in [3.05, 3.63) is 28.8 Å². The number of benzene rings is 1. The van der Waals surface area contributed by atoms with Crippen LogP contribution in [0.15, 0.2) is 12.1 Å². The van der Waals surface area contributed by atoms with Gasteiger partial charge in [-0.25, -0.2) is 0 Å². The van der Waals surface area contributed by atoms with Gasteiger partial charge in [0.25, 0.3) is 0 Å². The summed E-state index contributed by atoms with van der Waals surface area (Å²) in [5.41, 5.74) is 4.75. The first-order valence-electron chi connectivity index (χ1n) is 14.1. The Morgan fingerprint density at radius 1 is 0.771 bits per heavy atom. The minimum Gasteiger partial charge on any atom is -0.277 e. The Morgan fingerprint density at radius 3 is 1.63 bits per heavy atom. The monoisotopic (exact) mass is 502 g/mol. The topological polar surface area (TPSA) is 24.1 Å². The lowest BCUT2D eigenvalue weighted by atomic mass is 9.74. The molecule has 202 valence electrons. The Balaban J connectivity index is 2.81. The molecule has 1 aromatic rings. The molecule has 1 saturated carbocycles. The molecule has 1 fully saturated rings. The molecule has 0 heterocycles. The second kappa shape index (κ2) is 10.7. The molecular formula is C32H59N2P. The van der Waals surface area contributed by atoms with Gasteiger partial charge in [-0.15, -0.1) is 0 Å². The van der Waals surface area contributed by atoms with Crippen LogP contribution in [0.2, 0.25) is 0 Å². The third-order valence-corrected chi connectivity index (χ3v) is 9.99. The predicted molar refractivity (Wildman–Crippen MR) is 160 cm³/mol. The van der Waals surface area contributed by atoms with Gasteiger partial charge in [-0.3, -0.25) is 10.2 Å². The summed E-state index contributed by atoms with van der Waals surface area (Å²) in [6.07, 6.45) is 3.99. The summed E-state index contributed by atoms with van der Waals surface area (Å²) in [6.45, 7) is 35.7. The first-order valence-corrected chi connectivity index (χ1v) is 15.5. The molecule has 4 atom stereocenters. The highest BCUT2D eigenvalue weighted by atomic mass is 31.1. The van der Waals surface area contributed by atoms with Crippen LogP contribution in [0.1, 0.15) is 140 Å². The van der Waals surface area contributed by atoms with Gasteiger partial charge in [-0.2, -0.15) is 0 Å².